The van der Waals surface area contributed by atoms with Crippen LogP contribution >= 0.6 is 0 Å². The van der Waals surface area contributed by atoms with E-state index in [1.54, 1.807) is 4.90 Å². The third kappa shape index (κ3) is 5.36. The summed E-state index contributed by atoms with van der Waals surface area (Å²) < 4.78 is 13.2. The molecule has 2 heterocycles. The average molecular weight is 438 g/mol. The maximum Gasteiger partial charge on any atom is 0.253 e. The van der Waals surface area contributed by atoms with Gasteiger partial charge in [0.05, 0.1) is 5.92 Å². The first-order chi connectivity index (χ1) is 15.5. The van der Waals surface area contributed by atoms with Gasteiger partial charge in [0.15, 0.2) is 0 Å². The van der Waals surface area contributed by atoms with E-state index in [1.807, 2.05) is 4.90 Å². The molecule has 2 aromatic carbocycles. The second kappa shape index (κ2) is 10.3. The van der Waals surface area contributed by atoms with Gasteiger partial charge in [0.1, 0.15) is 5.82 Å². The Morgan fingerprint density at radius 3 is 2.44 bits per heavy atom. The molecule has 1 unspecified atom stereocenters. The van der Waals surface area contributed by atoms with Crippen LogP contribution in [0.5, 0.6) is 0 Å². The molecule has 32 heavy (non-hydrogen) atoms. The van der Waals surface area contributed by atoms with Gasteiger partial charge in [-0.25, -0.2) is 4.39 Å². The molecule has 5 nitrogen and oxygen atoms in total. The van der Waals surface area contributed by atoms with Crippen LogP contribution in [-0.4, -0.2) is 65.8 Å². The van der Waals surface area contributed by atoms with E-state index in [2.05, 4.69) is 36.1 Å². The third-order valence-corrected chi connectivity index (χ3v) is 6.70. The highest BCUT2D eigenvalue weighted by atomic mass is 19.1. The zero-order valence-corrected chi connectivity index (χ0v) is 18.8. The number of rotatable bonds is 4. The molecule has 2 aliphatic rings. The number of carbonyl (C=O) groups excluding carboxylic acids is 2. The van der Waals surface area contributed by atoms with Gasteiger partial charge in [-0.05, 0) is 61.6 Å². The molecule has 170 valence electrons. The molecular weight excluding hydrogens is 405 g/mol. The smallest absolute Gasteiger partial charge is 0.253 e. The number of hydrogen-bond acceptors (Lipinski definition) is 3. The average Bonchev–Trinajstić information content (AvgIpc) is 3.06. The van der Waals surface area contributed by atoms with E-state index in [-0.39, 0.29) is 23.5 Å². The fraction of sp³-hybridized carbons (Fsp3) is 0.462. The van der Waals surface area contributed by atoms with Crippen molar-refractivity contribution >= 4 is 11.8 Å². The van der Waals surface area contributed by atoms with Crippen molar-refractivity contribution in [2.45, 2.75) is 32.7 Å². The lowest BCUT2D eigenvalue weighted by Gasteiger charge is -2.35. The molecule has 2 saturated heterocycles. The number of nitrogens with zero attached hydrogens (tertiary/aromatic N) is 3. The summed E-state index contributed by atoms with van der Waals surface area (Å²) in [5, 5.41) is 0. The lowest BCUT2D eigenvalue weighted by Crippen LogP contribution is -2.47. The van der Waals surface area contributed by atoms with E-state index < -0.39 is 0 Å². The normalized spacial score (nSPS) is 20.1. The Balaban J connectivity index is 1.34. The fourth-order valence-electron chi connectivity index (χ4n) is 4.77. The van der Waals surface area contributed by atoms with Crippen molar-refractivity contribution in [2.24, 2.45) is 5.92 Å². The Labute approximate surface area is 189 Å². The zero-order valence-electron chi connectivity index (χ0n) is 18.8. The van der Waals surface area contributed by atoms with E-state index in [0.717, 1.165) is 52.0 Å². The van der Waals surface area contributed by atoms with Crippen molar-refractivity contribution in [3.63, 3.8) is 0 Å². The molecule has 2 aromatic rings. The summed E-state index contributed by atoms with van der Waals surface area (Å²) in [5.74, 6) is -0.468. The van der Waals surface area contributed by atoms with Crippen LogP contribution < -0.4 is 0 Å². The quantitative estimate of drug-likeness (QED) is 0.732. The van der Waals surface area contributed by atoms with Crippen molar-refractivity contribution in [1.29, 1.82) is 0 Å². The largest absolute Gasteiger partial charge is 0.341 e. The molecule has 0 bridgehead atoms. The van der Waals surface area contributed by atoms with E-state index in [4.69, 9.17) is 0 Å². The molecular formula is C26H32FN3O2. The second-order valence-corrected chi connectivity index (χ2v) is 8.98. The maximum atomic E-state index is 13.3. The van der Waals surface area contributed by atoms with Crippen molar-refractivity contribution < 1.29 is 14.0 Å². The fourth-order valence-corrected chi connectivity index (χ4v) is 4.77. The summed E-state index contributed by atoms with van der Waals surface area (Å²) in [6, 6.07) is 14.1. The molecule has 0 aliphatic carbocycles. The van der Waals surface area contributed by atoms with Gasteiger partial charge in [-0.3, -0.25) is 14.5 Å². The first-order valence-corrected chi connectivity index (χ1v) is 11.6. The van der Waals surface area contributed by atoms with Crippen LogP contribution in [0.1, 0.15) is 40.7 Å². The van der Waals surface area contributed by atoms with Crippen LogP contribution in [0.2, 0.25) is 0 Å². The Kier molecular flexibility index (Phi) is 7.20. The van der Waals surface area contributed by atoms with Crippen molar-refractivity contribution in [1.82, 2.24) is 14.7 Å². The molecule has 6 heteroatoms. The minimum atomic E-state index is -0.356. The summed E-state index contributed by atoms with van der Waals surface area (Å²) in [6.07, 6.45) is 2.59. The second-order valence-electron chi connectivity index (χ2n) is 8.98. The number of hydrogen-bond donors (Lipinski definition) is 0. The third-order valence-electron chi connectivity index (χ3n) is 6.70. The van der Waals surface area contributed by atoms with Gasteiger partial charge in [0, 0.05) is 51.4 Å². The van der Waals surface area contributed by atoms with Crippen LogP contribution in [0, 0.1) is 18.7 Å². The molecule has 0 spiro atoms. The van der Waals surface area contributed by atoms with Gasteiger partial charge in [-0.2, -0.15) is 0 Å². The van der Waals surface area contributed by atoms with Gasteiger partial charge >= 0.3 is 0 Å². The highest BCUT2D eigenvalue weighted by Gasteiger charge is 2.32. The lowest BCUT2D eigenvalue weighted by molar-refractivity contribution is -0.136. The standard InChI is InChI=1S/C26H32FN3O2/c1-20-6-2-3-7-22(20)18-28-13-5-15-29(17-16-28)26(32)23-8-4-14-30(19-23)25(31)21-9-11-24(27)12-10-21/h2-3,6-7,9-12,23H,4-5,8,13-19H2,1H3. The summed E-state index contributed by atoms with van der Waals surface area (Å²) in [4.78, 5) is 32.3. The Bertz CT molecular complexity index is 946. The van der Waals surface area contributed by atoms with Crippen LogP contribution in [-0.2, 0) is 11.3 Å². The number of piperidine rings is 1. The molecule has 4 rings (SSSR count). The molecule has 0 N–H and O–H groups in total. The van der Waals surface area contributed by atoms with E-state index >= 15 is 0 Å². The van der Waals surface area contributed by atoms with E-state index in [0.29, 0.717) is 18.7 Å². The van der Waals surface area contributed by atoms with Gasteiger partial charge in [-0.15, -0.1) is 0 Å². The van der Waals surface area contributed by atoms with E-state index in [1.165, 1.54) is 35.4 Å². The lowest BCUT2D eigenvalue weighted by atomic mass is 9.95. The Hall–Kier alpha value is -2.73. The van der Waals surface area contributed by atoms with Gasteiger partial charge in [0.2, 0.25) is 5.91 Å². The van der Waals surface area contributed by atoms with Crippen molar-refractivity contribution in [2.75, 3.05) is 39.3 Å². The molecule has 2 aliphatic heterocycles. The number of benzene rings is 2. The number of likely N-dealkylation sites (tertiary alicyclic amines) is 1. The summed E-state index contributed by atoms with van der Waals surface area (Å²) in [5.41, 5.74) is 3.12. The topological polar surface area (TPSA) is 43.9 Å². The van der Waals surface area contributed by atoms with Crippen molar-refractivity contribution in [3.8, 4) is 0 Å². The van der Waals surface area contributed by atoms with Crippen LogP contribution in [0.25, 0.3) is 0 Å². The number of carbonyl (C=O) groups is 2. The summed E-state index contributed by atoms with van der Waals surface area (Å²) in [7, 11) is 0. The number of amides is 2. The molecule has 0 radical (unpaired) electrons. The first kappa shape index (κ1) is 22.5. The minimum absolute atomic E-state index is 0.122. The van der Waals surface area contributed by atoms with Gasteiger partial charge in [0.25, 0.3) is 5.91 Å². The van der Waals surface area contributed by atoms with Crippen LogP contribution in [0.3, 0.4) is 0 Å². The zero-order chi connectivity index (χ0) is 22.5. The van der Waals surface area contributed by atoms with Crippen LogP contribution in [0.15, 0.2) is 48.5 Å². The predicted molar refractivity (Wildman–Crippen MR) is 123 cm³/mol. The van der Waals surface area contributed by atoms with Gasteiger partial charge < -0.3 is 9.80 Å². The summed E-state index contributed by atoms with van der Waals surface area (Å²) in [6.45, 7) is 7.49. The Morgan fingerprint density at radius 2 is 1.66 bits per heavy atom. The summed E-state index contributed by atoms with van der Waals surface area (Å²) >= 11 is 0. The Morgan fingerprint density at radius 1 is 0.906 bits per heavy atom. The highest BCUT2D eigenvalue weighted by molar-refractivity contribution is 5.94. The highest BCUT2D eigenvalue weighted by Crippen LogP contribution is 2.22. The monoisotopic (exact) mass is 437 g/mol. The van der Waals surface area contributed by atoms with Crippen molar-refractivity contribution in [3.05, 3.63) is 71.0 Å². The predicted octanol–water partition coefficient (Wildman–Crippen LogP) is 3.72. The molecule has 2 fully saturated rings. The molecule has 0 aromatic heterocycles. The van der Waals surface area contributed by atoms with Gasteiger partial charge in [-0.1, -0.05) is 24.3 Å². The van der Waals surface area contributed by atoms with Crippen LogP contribution in [0.4, 0.5) is 4.39 Å². The van der Waals surface area contributed by atoms with E-state index in [9.17, 15) is 14.0 Å². The SMILES string of the molecule is Cc1ccccc1CN1CCCN(C(=O)C2CCCN(C(=O)c3ccc(F)cc3)C2)CC1. The first-order valence-electron chi connectivity index (χ1n) is 11.6. The molecule has 2 amide bonds. The number of aryl methyl sites for hydroxylation is 1. The molecule has 1 atom stereocenters. The molecule has 0 saturated carbocycles. The maximum absolute atomic E-state index is 13.3. The minimum Gasteiger partial charge on any atom is -0.341 e. The number of halogens is 1.